The Morgan fingerprint density at radius 2 is 1.85 bits per heavy atom. The van der Waals surface area contributed by atoms with Crippen LogP contribution >= 0.6 is 11.6 Å². The van der Waals surface area contributed by atoms with Gasteiger partial charge < -0.3 is 4.90 Å². The Morgan fingerprint density at radius 3 is 2.23 bits per heavy atom. The van der Waals surface area contributed by atoms with Crippen LogP contribution in [-0.2, 0) is 0 Å². The standard InChI is InChI=1S/C11H16ClN/c1-8(2)9-6-5-7-10(12)11(9)13(3)4/h5-8H,1-4H3. The summed E-state index contributed by atoms with van der Waals surface area (Å²) >= 11 is 6.13. The van der Waals surface area contributed by atoms with Gasteiger partial charge in [0.2, 0.25) is 0 Å². The molecular formula is C11H16ClN. The quantitative estimate of drug-likeness (QED) is 0.701. The molecule has 2 heteroatoms. The van der Waals surface area contributed by atoms with Crippen molar-refractivity contribution in [3.63, 3.8) is 0 Å². The normalized spacial score (nSPS) is 10.6. The summed E-state index contributed by atoms with van der Waals surface area (Å²) < 4.78 is 0. The van der Waals surface area contributed by atoms with Crippen LogP contribution in [0.2, 0.25) is 5.02 Å². The molecule has 0 aliphatic heterocycles. The van der Waals surface area contributed by atoms with Gasteiger partial charge in [0.05, 0.1) is 10.7 Å². The molecule has 0 heterocycles. The molecule has 72 valence electrons. The van der Waals surface area contributed by atoms with Crippen molar-refractivity contribution in [3.05, 3.63) is 28.8 Å². The number of nitrogens with zero attached hydrogens (tertiary/aromatic N) is 1. The average molecular weight is 198 g/mol. The van der Waals surface area contributed by atoms with E-state index >= 15 is 0 Å². The van der Waals surface area contributed by atoms with Gasteiger partial charge in [0.25, 0.3) is 0 Å². The van der Waals surface area contributed by atoms with E-state index in [4.69, 9.17) is 11.6 Å². The Morgan fingerprint density at radius 1 is 1.23 bits per heavy atom. The highest BCUT2D eigenvalue weighted by molar-refractivity contribution is 6.33. The number of hydrogen-bond donors (Lipinski definition) is 0. The lowest BCUT2D eigenvalue weighted by Gasteiger charge is -2.20. The van der Waals surface area contributed by atoms with E-state index in [1.807, 2.05) is 26.2 Å². The molecule has 0 aliphatic carbocycles. The van der Waals surface area contributed by atoms with Crippen molar-refractivity contribution in [1.29, 1.82) is 0 Å². The zero-order valence-corrected chi connectivity index (χ0v) is 9.39. The largest absolute Gasteiger partial charge is 0.376 e. The van der Waals surface area contributed by atoms with Gasteiger partial charge in [0, 0.05) is 14.1 Å². The van der Waals surface area contributed by atoms with Crippen molar-refractivity contribution in [1.82, 2.24) is 0 Å². The van der Waals surface area contributed by atoms with Crippen LogP contribution in [0.3, 0.4) is 0 Å². The average Bonchev–Trinajstić information content (AvgIpc) is 2.02. The summed E-state index contributed by atoms with van der Waals surface area (Å²) in [6.45, 7) is 4.36. The van der Waals surface area contributed by atoms with Crippen LogP contribution < -0.4 is 4.90 Å². The summed E-state index contributed by atoms with van der Waals surface area (Å²) in [5, 5.41) is 0.830. The van der Waals surface area contributed by atoms with Crippen molar-refractivity contribution in [2.24, 2.45) is 0 Å². The van der Waals surface area contributed by atoms with Gasteiger partial charge in [-0.15, -0.1) is 0 Å². The first-order valence-electron chi connectivity index (χ1n) is 4.49. The lowest BCUT2D eigenvalue weighted by atomic mass is 10.0. The molecule has 1 nitrogen and oxygen atoms in total. The highest BCUT2D eigenvalue weighted by atomic mass is 35.5. The van der Waals surface area contributed by atoms with E-state index in [-0.39, 0.29) is 0 Å². The minimum Gasteiger partial charge on any atom is -0.376 e. The third-order valence-electron chi connectivity index (χ3n) is 2.09. The van der Waals surface area contributed by atoms with Crippen LogP contribution in [0.1, 0.15) is 25.3 Å². The van der Waals surface area contributed by atoms with Crippen LogP contribution in [-0.4, -0.2) is 14.1 Å². The number of benzene rings is 1. The fourth-order valence-electron chi connectivity index (χ4n) is 1.47. The molecule has 0 amide bonds. The molecule has 13 heavy (non-hydrogen) atoms. The molecule has 0 aliphatic rings. The number of anilines is 1. The van der Waals surface area contributed by atoms with Crippen molar-refractivity contribution in [2.45, 2.75) is 19.8 Å². The van der Waals surface area contributed by atoms with Crippen molar-refractivity contribution >= 4 is 17.3 Å². The Bertz CT molecular complexity index is 292. The Labute approximate surface area is 85.3 Å². The van der Waals surface area contributed by atoms with Gasteiger partial charge in [0.1, 0.15) is 0 Å². The Kier molecular flexibility index (Phi) is 3.21. The molecule has 0 fully saturated rings. The topological polar surface area (TPSA) is 3.24 Å². The summed E-state index contributed by atoms with van der Waals surface area (Å²) in [6, 6.07) is 6.07. The summed E-state index contributed by atoms with van der Waals surface area (Å²) in [4.78, 5) is 2.07. The maximum absolute atomic E-state index is 6.13. The molecule has 0 unspecified atom stereocenters. The molecule has 0 atom stereocenters. The van der Waals surface area contributed by atoms with Gasteiger partial charge in [-0.05, 0) is 17.5 Å². The molecule has 0 spiro atoms. The van der Waals surface area contributed by atoms with E-state index in [2.05, 4.69) is 24.8 Å². The molecule has 0 aromatic heterocycles. The first kappa shape index (κ1) is 10.4. The van der Waals surface area contributed by atoms with E-state index in [0.29, 0.717) is 5.92 Å². The number of rotatable bonds is 2. The third kappa shape index (κ3) is 2.16. The summed E-state index contributed by atoms with van der Waals surface area (Å²) in [7, 11) is 4.04. The van der Waals surface area contributed by atoms with Gasteiger partial charge in [-0.3, -0.25) is 0 Å². The second-order valence-corrected chi connectivity index (χ2v) is 4.13. The van der Waals surface area contributed by atoms with E-state index in [0.717, 1.165) is 10.7 Å². The monoisotopic (exact) mass is 197 g/mol. The number of halogens is 1. The highest BCUT2D eigenvalue weighted by Gasteiger charge is 2.10. The zero-order valence-electron chi connectivity index (χ0n) is 8.63. The van der Waals surface area contributed by atoms with Gasteiger partial charge in [-0.2, -0.15) is 0 Å². The maximum atomic E-state index is 6.13. The highest BCUT2D eigenvalue weighted by Crippen LogP contribution is 2.32. The number of hydrogen-bond acceptors (Lipinski definition) is 1. The Hall–Kier alpha value is -0.690. The van der Waals surface area contributed by atoms with Crippen LogP contribution in [0.25, 0.3) is 0 Å². The molecule has 1 rings (SSSR count). The smallest absolute Gasteiger partial charge is 0.0642 e. The van der Waals surface area contributed by atoms with Gasteiger partial charge >= 0.3 is 0 Å². The fourth-order valence-corrected chi connectivity index (χ4v) is 1.82. The maximum Gasteiger partial charge on any atom is 0.0642 e. The van der Waals surface area contributed by atoms with E-state index in [9.17, 15) is 0 Å². The zero-order chi connectivity index (χ0) is 10.0. The second-order valence-electron chi connectivity index (χ2n) is 3.73. The minimum absolute atomic E-state index is 0.510. The molecule has 0 bridgehead atoms. The van der Waals surface area contributed by atoms with E-state index in [1.165, 1.54) is 5.56 Å². The van der Waals surface area contributed by atoms with Gasteiger partial charge in [-0.1, -0.05) is 37.6 Å². The predicted octanol–water partition coefficient (Wildman–Crippen LogP) is 3.53. The van der Waals surface area contributed by atoms with E-state index in [1.54, 1.807) is 0 Å². The van der Waals surface area contributed by atoms with Gasteiger partial charge in [0.15, 0.2) is 0 Å². The van der Waals surface area contributed by atoms with Crippen LogP contribution in [0.4, 0.5) is 5.69 Å². The lowest BCUT2D eigenvalue weighted by molar-refractivity contribution is 0.859. The summed E-state index contributed by atoms with van der Waals surface area (Å²) in [5.74, 6) is 0.510. The van der Waals surface area contributed by atoms with Crippen LogP contribution in [0.15, 0.2) is 18.2 Å². The Balaban J connectivity index is 3.26. The van der Waals surface area contributed by atoms with Crippen LogP contribution in [0.5, 0.6) is 0 Å². The SMILES string of the molecule is CC(C)c1cccc(Cl)c1N(C)C. The first-order chi connectivity index (χ1) is 6.04. The van der Waals surface area contributed by atoms with Gasteiger partial charge in [-0.25, -0.2) is 0 Å². The van der Waals surface area contributed by atoms with Crippen molar-refractivity contribution < 1.29 is 0 Å². The molecule has 1 aromatic carbocycles. The number of para-hydroxylation sites is 1. The lowest BCUT2D eigenvalue weighted by Crippen LogP contribution is -2.12. The molecule has 0 saturated carbocycles. The third-order valence-corrected chi connectivity index (χ3v) is 2.39. The fraction of sp³-hybridized carbons (Fsp3) is 0.455. The predicted molar refractivity (Wildman–Crippen MR) is 59.9 cm³/mol. The van der Waals surface area contributed by atoms with Crippen molar-refractivity contribution in [2.75, 3.05) is 19.0 Å². The molecule has 0 N–H and O–H groups in total. The van der Waals surface area contributed by atoms with Crippen LogP contribution in [0, 0.1) is 0 Å². The minimum atomic E-state index is 0.510. The van der Waals surface area contributed by atoms with E-state index < -0.39 is 0 Å². The second kappa shape index (κ2) is 4.01. The van der Waals surface area contributed by atoms with Crippen molar-refractivity contribution in [3.8, 4) is 0 Å². The first-order valence-corrected chi connectivity index (χ1v) is 4.87. The molecule has 0 saturated heterocycles. The molecular weight excluding hydrogens is 182 g/mol. The molecule has 0 radical (unpaired) electrons. The summed E-state index contributed by atoms with van der Waals surface area (Å²) in [6.07, 6.45) is 0. The summed E-state index contributed by atoms with van der Waals surface area (Å²) in [5.41, 5.74) is 2.44. The molecule has 1 aromatic rings.